The highest BCUT2D eigenvalue weighted by Gasteiger charge is 2.51. The van der Waals surface area contributed by atoms with E-state index in [2.05, 4.69) is 0 Å². The minimum absolute atomic E-state index is 0.0807. The first kappa shape index (κ1) is 29.4. The molecule has 4 unspecified atom stereocenters. The lowest BCUT2D eigenvalue weighted by molar-refractivity contribution is -0.216. The van der Waals surface area contributed by atoms with Gasteiger partial charge < -0.3 is 25.8 Å². The number of Topliss-reactive ketones (excluding diaryl/α,β-unsaturated/α-hetero) is 1. The summed E-state index contributed by atoms with van der Waals surface area (Å²) in [4.78, 5) is 26.4. The van der Waals surface area contributed by atoms with Gasteiger partial charge in [0.15, 0.2) is 5.78 Å². The minimum Gasteiger partial charge on any atom is -0.448 e. The van der Waals surface area contributed by atoms with Crippen molar-refractivity contribution in [3.05, 3.63) is 107 Å². The molecule has 1 aliphatic rings. The van der Waals surface area contributed by atoms with Crippen molar-refractivity contribution in [2.75, 3.05) is 6.61 Å². The first-order valence-corrected chi connectivity index (χ1v) is 13.5. The van der Waals surface area contributed by atoms with Crippen LogP contribution in [-0.4, -0.2) is 62.8 Å². The van der Waals surface area contributed by atoms with Gasteiger partial charge in [0.2, 0.25) is 5.79 Å². The standard InChI is InChI=1S/C31H37N3O6/c32-29(28(36)27-24-17-8-7-16-23(24)20-25(27)35)31(38,39)26(19-22-14-5-2-6-15-22)34(33)30(37)40-18-10-9-13-21-11-3-1-4-12-21/h1-8,11-12,14-17,25-27,29,35,38-39H,9-10,13,18-20,32-33H2. The highest BCUT2D eigenvalue weighted by atomic mass is 16.6. The van der Waals surface area contributed by atoms with Gasteiger partial charge in [-0.3, -0.25) is 4.79 Å². The molecule has 0 aliphatic heterocycles. The van der Waals surface area contributed by atoms with Crippen LogP contribution in [0, 0.1) is 0 Å². The maximum absolute atomic E-state index is 13.5. The van der Waals surface area contributed by atoms with Crippen LogP contribution in [0.15, 0.2) is 84.9 Å². The number of hydrogen-bond acceptors (Lipinski definition) is 8. The van der Waals surface area contributed by atoms with Crippen LogP contribution in [0.25, 0.3) is 0 Å². The number of amides is 1. The van der Waals surface area contributed by atoms with E-state index in [-0.39, 0.29) is 19.4 Å². The van der Waals surface area contributed by atoms with Gasteiger partial charge in [0.25, 0.3) is 0 Å². The fraction of sp³-hybridized carbons (Fsp3) is 0.355. The summed E-state index contributed by atoms with van der Waals surface area (Å²) >= 11 is 0. The maximum Gasteiger partial charge on any atom is 0.424 e. The van der Waals surface area contributed by atoms with E-state index in [0.29, 0.717) is 22.6 Å². The lowest BCUT2D eigenvalue weighted by Gasteiger charge is -2.40. The van der Waals surface area contributed by atoms with Gasteiger partial charge in [0.05, 0.1) is 18.6 Å². The second kappa shape index (κ2) is 13.2. The number of aliphatic hydroxyl groups is 3. The Morgan fingerprint density at radius 2 is 1.52 bits per heavy atom. The SMILES string of the molecule is NC(C(=O)C1c2ccccc2CC1O)C(O)(O)C(Cc1ccccc1)N(N)C(=O)OCCCCc1ccccc1. The largest absolute Gasteiger partial charge is 0.448 e. The number of hydrogen-bond donors (Lipinski definition) is 5. The Kier molecular flexibility index (Phi) is 9.67. The van der Waals surface area contributed by atoms with E-state index in [1.807, 2.05) is 30.3 Å². The van der Waals surface area contributed by atoms with Crippen molar-refractivity contribution in [2.24, 2.45) is 11.6 Å². The number of hydrazine groups is 1. The van der Waals surface area contributed by atoms with Crippen molar-refractivity contribution in [1.82, 2.24) is 5.01 Å². The normalized spacial score (nSPS) is 18.0. The Morgan fingerprint density at radius 3 is 2.20 bits per heavy atom. The Labute approximate surface area is 234 Å². The van der Waals surface area contributed by atoms with Crippen molar-refractivity contribution < 1.29 is 29.6 Å². The molecule has 1 aliphatic carbocycles. The Hall–Kier alpha value is -3.60. The fourth-order valence-corrected chi connectivity index (χ4v) is 5.25. The van der Waals surface area contributed by atoms with Crippen LogP contribution in [-0.2, 0) is 28.8 Å². The molecule has 0 bridgehead atoms. The number of nitrogens with zero attached hydrogens (tertiary/aromatic N) is 1. The van der Waals surface area contributed by atoms with Crippen LogP contribution in [0.1, 0.15) is 41.0 Å². The lowest BCUT2D eigenvalue weighted by Crippen LogP contribution is -2.68. The monoisotopic (exact) mass is 547 g/mol. The summed E-state index contributed by atoms with van der Waals surface area (Å²) in [6.45, 7) is 0.0807. The summed E-state index contributed by atoms with van der Waals surface area (Å²) in [6, 6.07) is 22.3. The van der Waals surface area contributed by atoms with Crippen LogP contribution in [0.2, 0.25) is 0 Å². The number of aliphatic hydroxyl groups excluding tert-OH is 1. The third-order valence-corrected chi connectivity index (χ3v) is 7.51. The number of carbonyl (C=O) groups is 2. The van der Waals surface area contributed by atoms with Crippen molar-refractivity contribution >= 4 is 11.9 Å². The molecule has 0 spiro atoms. The Bertz CT molecular complexity index is 1270. The molecule has 9 heteroatoms. The molecule has 4 atom stereocenters. The van der Waals surface area contributed by atoms with Gasteiger partial charge in [0.1, 0.15) is 12.1 Å². The molecule has 0 saturated heterocycles. The third-order valence-electron chi connectivity index (χ3n) is 7.51. The lowest BCUT2D eigenvalue weighted by atomic mass is 9.83. The zero-order chi connectivity index (χ0) is 28.7. The molecule has 9 nitrogen and oxygen atoms in total. The summed E-state index contributed by atoms with van der Waals surface area (Å²) in [5.74, 6) is 1.38. The molecule has 0 fully saturated rings. The quantitative estimate of drug-likeness (QED) is 0.0759. The molecule has 212 valence electrons. The Balaban J connectivity index is 1.46. The van der Waals surface area contributed by atoms with Crippen molar-refractivity contribution in [3.63, 3.8) is 0 Å². The van der Waals surface area contributed by atoms with Crippen LogP contribution >= 0.6 is 0 Å². The second-order valence-corrected chi connectivity index (χ2v) is 10.3. The molecule has 4 rings (SSSR count). The smallest absolute Gasteiger partial charge is 0.424 e. The first-order chi connectivity index (χ1) is 19.2. The minimum atomic E-state index is -2.94. The van der Waals surface area contributed by atoms with Gasteiger partial charge in [-0.1, -0.05) is 84.9 Å². The third kappa shape index (κ3) is 6.75. The number of unbranched alkanes of at least 4 members (excludes halogenated alkanes) is 1. The van der Waals surface area contributed by atoms with Crippen LogP contribution in [0.4, 0.5) is 4.79 Å². The summed E-state index contributed by atoms with van der Waals surface area (Å²) in [7, 11) is 0. The molecule has 0 aromatic heterocycles. The van der Waals surface area contributed by atoms with E-state index < -0.39 is 41.8 Å². The van der Waals surface area contributed by atoms with E-state index in [1.165, 1.54) is 5.56 Å². The molecule has 0 radical (unpaired) electrons. The zero-order valence-electron chi connectivity index (χ0n) is 22.3. The average molecular weight is 548 g/mol. The summed E-state index contributed by atoms with van der Waals surface area (Å²) in [6.07, 6.45) is 0.287. The summed E-state index contributed by atoms with van der Waals surface area (Å²) in [5, 5.41) is 33.9. The highest BCUT2D eigenvalue weighted by molar-refractivity contribution is 5.93. The fourth-order valence-electron chi connectivity index (χ4n) is 5.25. The number of benzene rings is 3. The van der Waals surface area contributed by atoms with Crippen LogP contribution in [0.5, 0.6) is 0 Å². The predicted molar refractivity (Wildman–Crippen MR) is 150 cm³/mol. The van der Waals surface area contributed by atoms with E-state index in [4.69, 9.17) is 16.3 Å². The van der Waals surface area contributed by atoms with Crippen molar-refractivity contribution in [3.8, 4) is 0 Å². The molecule has 40 heavy (non-hydrogen) atoms. The summed E-state index contributed by atoms with van der Waals surface area (Å²) < 4.78 is 5.33. The number of rotatable bonds is 12. The van der Waals surface area contributed by atoms with E-state index in [1.54, 1.807) is 54.6 Å². The maximum atomic E-state index is 13.5. The van der Waals surface area contributed by atoms with E-state index in [9.17, 15) is 24.9 Å². The van der Waals surface area contributed by atoms with Crippen LogP contribution in [0.3, 0.4) is 0 Å². The number of carbonyl (C=O) groups excluding carboxylic acids is 2. The van der Waals surface area contributed by atoms with Gasteiger partial charge in [-0.25, -0.2) is 15.6 Å². The Morgan fingerprint density at radius 1 is 0.925 bits per heavy atom. The molecule has 3 aromatic rings. The first-order valence-electron chi connectivity index (χ1n) is 13.5. The molecular formula is C31H37N3O6. The second-order valence-electron chi connectivity index (χ2n) is 10.3. The molecule has 0 saturated carbocycles. The van der Waals surface area contributed by atoms with Gasteiger partial charge in [0, 0.05) is 0 Å². The predicted octanol–water partition coefficient (Wildman–Crippen LogP) is 2.21. The number of aryl methyl sites for hydroxylation is 1. The average Bonchev–Trinajstić information content (AvgIpc) is 3.31. The van der Waals surface area contributed by atoms with Gasteiger partial charge in [-0.15, -0.1) is 0 Å². The highest BCUT2D eigenvalue weighted by Crippen LogP contribution is 2.36. The number of fused-ring (bicyclic) bond motifs is 1. The molecule has 0 heterocycles. The zero-order valence-corrected chi connectivity index (χ0v) is 22.3. The topological polar surface area (TPSA) is 159 Å². The molecule has 3 aromatic carbocycles. The number of ketones is 1. The number of nitrogens with two attached hydrogens (primary N) is 2. The van der Waals surface area contributed by atoms with Crippen LogP contribution < -0.4 is 11.6 Å². The molecule has 1 amide bonds. The van der Waals surface area contributed by atoms with Crippen molar-refractivity contribution in [1.29, 1.82) is 0 Å². The number of ether oxygens (including phenoxy) is 1. The van der Waals surface area contributed by atoms with Gasteiger partial charge >= 0.3 is 6.09 Å². The molecular weight excluding hydrogens is 510 g/mol. The van der Waals surface area contributed by atoms with E-state index in [0.717, 1.165) is 18.4 Å². The summed E-state index contributed by atoms with van der Waals surface area (Å²) in [5.41, 5.74) is 9.38. The van der Waals surface area contributed by atoms with Gasteiger partial charge in [-0.2, -0.15) is 0 Å². The van der Waals surface area contributed by atoms with Crippen molar-refractivity contribution in [2.45, 2.75) is 62.0 Å². The molecule has 7 N–H and O–H groups in total. The van der Waals surface area contributed by atoms with E-state index >= 15 is 0 Å². The van der Waals surface area contributed by atoms with Gasteiger partial charge in [-0.05, 0) is 54.4 Å².